The molecule has 0 aliphatic heterocycles. The van der Waals surface area contributed by atoms with Gasteiger partial charge < -0.3 is 10.4 Å². The normalized spacial score (nSPS) is 9.61. The predicted molar refractivity (Wildman–Crippen MR) is 96.7 cm³/mol. The molecule has 0 fully saturated rings. The molecule has 3 heteroatoms. The summed E-state index contributed by atoms with van der Waals surface area (Å²) >= 11 is 0. The van der Waals surface area contributed by atoms with Crippen LogP contribution in [0.3, 0.4) is 0 Å². The third-order valence-electron chi connectivity index (χ3n) is 3.44. The predicted octanol–water partition coefficient (Wildman–Crippen LogP) is 5.58. The van der Waals surface area contributed by atoms with Crippen molar-refractivity contribution in [2.75, 3.05) is 6.54 Å². The van der Waals surface area contributed by atoms with Crippen molar-refractivity contribution in [2.24, 2.45) is 0 Å². The Labute approximate surface area is 139 Å². The van der Waals surface area contributed by atoms with Crippen LogP contribution in [0, 0.1) is 0 Å². The van der Waals surface area contributed by atoms with Crippen molar-refractivity contribution in [3.8, 4) is 11.1 Å². The van der Waals surface area contributed by atoms with Gasteiger partial charge in [-0.2, -0.15) is 0 Å². The molecule has 0 aliphatic rings. The first-order valence-corrected chi connectivity index (χ1v) is 8.31. The summed E-state index contributed by atoms with van der Waals surface area (Å²) in [6.45, 7) is 2.76. The third-order valence-corrected chi connectivity index (χ3v) is 3.44. The van der Waals surface area contributed by atoms with Gasteiger partial charge in [0.15, 0.2) is 0 Å². The van der Waals surface area contributed by atoms with Crippen LogP contribution in [0.1, 0.15) is 39.0 Å². The first kappa shape index (κ1) is 18.8. The Balaban J connectivity index is 0.000000232. The maximum absolute atomic E-state index is 9.98. The van der Waals surface area contributed by atoms with Crippen LogP contribution >= 0.6 is 0 Å². The summed E-state index contributed by atoms with van der Waals surface area (Å²) in [4.78, 5) is 9.98. The van der Waals surface area contributed by atoms with Crippen molar-refractivity contribution in [1.82, 2.24) is 5.32 Å². The summed E-state index contributed by atoms with van der Waals surface area (Å²) in [7, 11) is 0. The molecule has 0 aromatic heterocycles. The van der Waals surface area contributed by atoms with E-state index in [1.165, 1.54) is 30.4 Å². The minimum atomic E-state index is -0.916. The molecule has 0 saturated heterocycles. The Morgan fingerprint density at radius 1 is 0.826 bits per heavy atom. The number of hydrogen-bond acceptors (Lipinski definition) is 1. The van der Waals surface area contributed by atoms with E-state index in [2.05, 4.69) is 60.8 Å². The van der Waals surface area contributed by atoms with E-state index < -0.39 is 6.09 Å². The molecule has 23 heavy (non-hydrogen) atoms. The van der Waals surface area contributed by atoms with Crippen LogP contribution in [-0.4, -0.2) is 17.7 Å². The lowest BCUT2D eigenvalue weighted by molar-refractivity contribution is 0.194. The van der Waals surface area contributed by atoms with Gasteiger partial charge in [-0.15, -0.1) is 0 Å². The first-order valence-electron chi connectivity index (χ1n) is 8.31. The monoisotopic (exact) mass is 313 g/mol. The first-order chi connectivity index (χ1) is 11.2. The van der Waals surface area contributed by atoms with E-state index in [0.717, 1.165) is 12.8 Å². The topological polar surface area (TPSA) is 49.3 Å². The van der Waals surface area contributed by atoms with Crippen molar-refractivity contribution in [3.05, 3.63) is 60.7 Å². The zero-order valence-electron chi connectivity index (χ0n) is 13.9. The summed E-state index contributed by atoms with van der Waals surface area (Å²) in [5.41, 5.74) is 2.55. The zero-order chi connectivity index (χ0) is 16.8. The molecule has 0 aliphatic carbocycles. The maximum Gasteiger partial charge on any atom is 0.404 e. The van der Waals surface area contributed by atoms with Gasteiger partial charge in [-0.25, -0.2) is 4.79 Å². The lowest BCUT2D eigenvalue weighted by Crippen LogP contribution is -2.21. The van der Waals surface area contributed by atoms with Crippen molar-refractivity contribution < 1.29 is 9.90 Å². The molecule has 0 unspecified atom stereocenters. The summed E-state index contributed by atoms with van der Waals surface area (Å²) in [5, 5.41) is 10.5. The molecule has 0 heterocycles. The van der Waals surface area contributed by atoms with E-state index in [1.807, 2.05) is 12.1 Å². The molecule has 0 atom stereocenters. The molecular formula is C20H27NO2. The van der Waals surface area contributed by atoms with Crippen LogP contribution in [0.5, 0.6) is 0 Å². The van der Waals surface area contributed by atoms with Gasteiger partial charge in [0.25, 0.3) is 0 Å². The number of carboxylic acid groups (broad SMARTS) is 1. The zero-order valence-corrected chi connectivity index (χ0v) is 13.9. The van der Waals surface area contributed by atoms with Crippen molar-refractivity contribution >= 4 is 6.09 Å². The Morgan fingerprint density at radius 3 is 1.74 bits per heavy atom. The lowest BCUT2D eigenvalue weighted by atomic mass is 10.1. The summed E-state index contributed by atoms with van der Waals surface area (Å²) in [5.74, 6) is 0. The van der Waals surface area contributed by atoms with Gasteiger partial charge in [-0.05, 0) is 17.5 Å². The van der Waals surface area contributed by atoms with E-state index in [9.17, 15) is 4.79 Å². The molecule has 2 aromatic rings. The molecule has 0 radical (unpaired) electrons. The second kappa shape index (κ2) is 12.3. The number of rotatable bonds is 7. The van der Waals surface area contributed by atoms with Gasteiger partial charge in [-0.3, -0.25) is 0 Å². The molecule has 0 saturated carbocycles. The number of unbranched alkanes of at least 4 members (excludes halogenated alkanes) is 4. The molecule has 0 spiro atoms. The molecule has 0 bridgehead atoms. The fourth-order valence-corrected chi connectivity index (χ4v) is 2.19. The molecule has 124 valence electrons. The molecule has 2 aromatic carbocycles. The Kier molecular flexibility index (Phi) is 10.0. The van der Waals surface area contributed by atoms with Crippen molar-refractivity contribution in [1.29, 1.82) is 0 Å². The van der Waals surface area contributed by atoms with E-state index in [4.69, 9.17) is 5.11 Å². The highest BCUT2D eigenvalue weighted by molar-refractivity contribution is 5.64. The number of carbonyl (C=O) groups is 1. The lowest BCUT2D eigenvalue weighted by Gasteiger charge is -1.99. The van der Waals surface area contributed by atoms with E-state index >= 15 is 0 Å². The minimum absolute atomic E-state index is 0.596. The van der Waals surface area contributed by atoms with E-state index in [0.29, 0.717) is 6.54 Å². The van der Waals surface area contributed by atoms with Crippen LogP contribution in [0.2, 0.25) is 0 Å². The van der Waals surface area contributed by atoms with E-state index in [1.54, 1.807) is 0 Å². The maximum atomic E-state index is 9.98. The van der Waals surface area contributed by atoms with Gasteiger partial charge in [0.1, 0.15) is 0 Å². The Morgan fingerprint density at radius 2 is 1.30 bits per heavy atom. The average molecular weight is 313 g/mol. The number of benzene rings is 2. The quantitative estimate of drug-likeness (QED) is 0.656. The molecule has 1 amide bonds. The van der Waals surface area contributed by atoms with Crippen LogP contribution in [0.15, 0.2) is 60.7 Å². The van der Waals surface area contributed by atoms with Crippen LogP contribution < -0.4 is 5.32 Å². The highest BCUT2D eigenvalue weighted by Gasteiger charge is 1.93. The SMILES string of the molecule is CCCCCCCNC(=O)O.c1ccc(-c2ccccc2)cc1. The van der Waals surface area contributed by atoms with Gasteiger partial charge >= 0.3 is 6.09 Å². The summed E-state index contributed by atoms with van der Waals surface area (Å²) in [6.07, 6.45) is 4.89. The van der Waals surface area contributed by atoms with Crippen molar-refractivity contribution in [3.63, 3.8) is 0 Å². The minimum Gasteiger partial charge on any atom is -0.465 e. The van der Waals surface area contributed by atoms with Crippen LogP contribution in [-0.2, 0) is 0 Å². The van der Waals surface area contributed by atoms with Gasteiger partial charge in [-0.1, -0.05) is 93.3 Å². The van der Waals surface area contributed by atoms with Crippen LogP contribution in [0.4, 0.5) is 4.79 Å². The fraction of sp³-hybridized carbons (Fsp3) is 0.350. The second-order valence-electron chi connectivity index (χ2n) is 5.38. The second-order valence-corrected chi connectivity index (χ2v) is 5.38. The molecule has 2 N–H and O–H groups in total. The number of nitrogens with one attached hydrogen (secondary N) is 1. The highest BCUT2D eigenvalue weighted by atomic mass is 16.4. The molecular weight excluding hydrogens is 286 g/mol. The summed E-state index contributed by atoms with van der Waals surface area (Å²) in [6, 6.07) is 20.8. The van der Waals surface area contributed by atoms with Crippen molar-refractivity contribution in [2.45, 2.75) is 39.0 Å². The fourth-order valence-electron chi connectivity index (χ4n) is 2.19. The number of hydrogen-bond donors (Lipinski definition) is 2. The van der Waals surface area contributed by atoms with E-state index in [-0.39, 0.29) is 0 Å². The molecule has 3 nitrogen and oxygen atoms in total. The summed E-state index contributed by atoms with van der Waals surface area (Å²) < 4.78 is 0. The van der Waals surface area contributed by atoms with Gasteiger partial charge in [0.05, 0.1) is 0 Å². The smallest absolute Gasteiger partial charge is 0.404 e. The van der Waals surface area contributed by atoms with Gasteiger partial charge in [0.2, 0.25) is 0 Å². The Bertz CT molecular complexity index is 488. The average Bonchev–Trinajstić information content (AvgIpc) is 2.60. The third kappa shape index (κ3) is 9.35. The number of amides is 1. The van der Waals surface area contributed by atoms with Gasteiger partial charge in [0, 0.05) is 6.54 Å². The Hall–Kier alpha value is -2.29. The molecule has 2 rings (SSSR count). The van der Waals surface area contributed by atoms with Crippen LogP contribution in [0.25, 0.3) is 11.1 Å². The largest absolute Gasteiger partial charge is 0.465 e. The highest BCUT2D eigenvalue weighted by Crippen LogP contribution is 2.17. The standard InChI is InChI=1S/C12H10.C8H17NO2/c1-3-7-11(8-4-1)12-9-5-2-6-10-12;1-2-3-4-5-6-7-9-8(10)11/h1-10H;9H,2-7H2,1H3,(H,10,11).